The SMILES string of the molecule is Cc1ccc(N)cc1CCC(C)(C)N. The van der Waals surface area contributed by atoms with Crippen molar-refractivity contribution < 1.29 is 0 Å². The molecule has 2 nitrogen and oxygen atoms in total. The number of hydrogen-bond acceptors (Lipinski definition) is 2. The molecular formula is C12H20N2. The minimum Gasteiger partial charge on any atom is -0.399 e. The van der Waals surface area contributed by atoms with Crippen LogP contribution >= 0.6 is 0 Å². The van der Waals surface area contributed by atoms with Gasteiger partial charge in [0.05, 0.1) is 0 Å². The third kappa shape index (κ3) is 3.38. The quantitative estimate of drug-likeness (QED) is 0.722. The molecule has 0 amide bonds. The molecule has 78 valence electrons. The van der Waals surface area contributed by atoms with Gasteiger partial charge in [0.15, 0.2) is 0 Å². The van der Waals surface area contributed by atoms with Crippen LogP contribution in [0.1, 0.15) is 31.4 Å². The topological polar surface area (TPSA) is 52.0 Å². The van der Waals surface area contributed by atoms with E-state index in [9.17, 15) is 0 Å². The van der Waals surface area contributed by atoms with Gasteiger partial charge in [-0.15, -0.1) is 0 Å². The number of nitrogens with two attached hydrogens (primary N) is 2. The molecule has 0 saturated carbocycles. The zero-order valence-electron chi connectivity index (χ0n) is 9.30. The lowest BCUT2D eigenvalue weighted by molar-refractivity contribution is 0.476. The average Bonchev–Trinajstić information content (AvgIpc) is 2.05. The number of benzene rings is 1. The summed E-state index contributed by atoms with van der Waals surface area (Å²) in [6.07, 6.45) is 1.98. The Balaban J connectivity index is 2.72. The fourth-order valence-corrected chi connectivity index (χ4v) is 1.42. The highest BCUT2D eigenvalue weighted by atomic mass is 14.7. The van der Waals surface area contributed by atoms with Gasteiger partial charge < -0.3 is 11.5 Å². The molecule has 0 bridgehead atoms. The fourth-order valence-electron chi connectivity index (χ4n) is 1.42. The maximum atomic E-state index is 5.94. The number of rotatable bonds is 3. The Labute approximate surface area is 86.3 Å². The summed E-state index contributed by atoms with van der Waals surface area (Å²) in [6.45, 7) is 6.21. The van der Waals surface area contributed by atoms with E-state index in [1.165, 1.54) is 11.1 Å². The van der Waals surface area contributed by atoms with Crippen LogP contribution in [-0.4, -0.2) is 5.54 Å². The van der Waals surface area contributed by atoms with Crippen molar-refractivity contribution in [3.63, 3.8) is 0 Å². The van der Waals surface area contributed by atoms with Gasteiger partial charge in [-0.2, -0.15) is 0 Å². The van der Waals surface area contributed by atoms with Crippen molar-refractivity contribution in [1.82, 2.24) is 0 Å². The number of anilines is 1. The molecule has 0 heterocycles. The highest BCUT2D eigenvalue weighted by Crippen LogP contribution is 2.17. The van der Waals surface area contributed by atoms with Gasteiger partial charge >= 0.3 is 0 Å². The monoisotopic (exact) mass is 192 g/mol. The molecule has 1 aromatic rings. The molecule has 0 fully saturated rings. The lowest BCUT2D eigenvalue weighted by Crippen LogP contribution is -2.32. The first kappa shape index (κ1) is 11.1. The second kappa shape index (κ2) is 4.01. The normalized spacial score (nSPS) is 11.7. The Morgan fingerprint density at radius 3 is 2.50 bits per heavy atom. The van der Waals surface area contributed by atoms with Crippen LogP contribution in [0.5, 0.6) is 0 Å². The fraction of sp³-hybridized carbons (Fsp3) is 0.500. The van der Waals surface area contributed by atoms with E-state index in [4.69, 9.17) is 11.5 Å². The van der Waals surface area contributed by atoms with Crippen molar-refractivity contribution in [2.45, 2.75) is 39.2 Å². The van der Waals surface area contributed by atoms with Gasteiger partial charge in [0, 0.05) is 11.2 Å². The molecule has 0 aliphatic carbocycles. The van der Waals surface area contributed by atoms with Gasteiger partial charge in [-0.3, -0.25) is 0 Å². The van der Waals surface area contributed by atoms with E-state index in [0.717, 1.165) is 18.5 Å². The Bertz CT molecular complexity index is 311. The molecule has 0 saturated heterocycles. The summed E-state index contributed by atoms with van der Waals surface area (Å²) in [7, 11) is 0. The van der Waals surface area contributed by atoms with Gasteiger partial charge in [-0.25, -0.2) is 0 Å². The van der Waals surface area contributed by atoms with Crippen LogP contribution in [0.3, 0.4) is 0 Å². The first-order valence-corrected chi connectivity index (χ1v) is 5.02. The molecule has 0 aliphatic rings. The zero-order chi connectivity index (χ0) is 10.8. The molecule has 2 heteroatoms. The Hall–Kier alpha value is -1.02. The van der Waals surface area contributed by atoms with Gasteiger partial charge in [-0.1, -0.05) is 6.07 Å². The molecule has 0 atom stereocenters. The van der Waals surface area contributed by atoms with Gasteiger partial charge in [0.2, 0.25) is 0 Å². The van der Waals surface area contributed by atoms with E-state index in [1.807, 2.05) is 12.1 Å². The van der Waals surface area contributed by atoms with Crippen LogP contribution in [0.2, 0.25) is 0 Å². The first-order chi connectivity index (χ1) is 6.38. The van der Waals surface area contributed by atoms with Crippen LogP contribution in [0, 0.1) is 6.92 Å². The summed E-state index contributed by atoms with van der Waals surface area (Å²) in [6, 6.07) is 6.04. The van der Waals surface area contributed by atoms with Crippen LogP contribution < -0.4 is 11.5 Å². The molecule has 0 unspecified atom stereocenters. The van der Waals surface area contributed by atoms with E-state index >= 15 is 0 Å². The van der Waals surface area contributed by atoms with Gasteiger partial charge in [0.25, 0.3) is 0 Å². The first-order valence-electron chi connectivity index (χ1n) is 5.02. The van der Waals surface area contributed by atoms with Crippen molar-refractivity contribution in [1.29, 1.82) is 0 Å². The van der Waals surface area contributed by atoms with E-state index in [1.54, 1.807) is 0 Å². The maximum absolute atomic E-state index is 5.94. The van der Waals surface area contributed by atoms with Crippen molar-refractivity contribution in [2.24, 2.45) is 5.73 Å². The van der Waals surface area contributed by atoms with Gasteiger partial charge in [0.1, 0.15) is 0 Å². The summed E-state index contributed by atoms with van der Waals surface area (Å²) in [5.41, 5.74) is 15.0. The standard InChI is InChI=1S/C12H20N2/c1-9-4-5-11(13)8-10(9)6-7-12(2,3)14/h4-5,8H,6-7,13-14H2,1-3H3. The summed E-state index contributed by atoms with van der Waals surface area (Å²) >= 11 is 0. The van der Waals surface area contributed by atoms with Gasteiger partial charge in [-0.05, 0) is 56.9 Å². The molecule has 0 spiro atoms. The van der Waals surface area contributed by atoms with Crippen LogP contribution in [0.15, 0.2) is 18.2 Å². The molecule has 14 heavy (non-hydrogen) atoms. The molecule has 0 aromatic heterocycles. The molecule has 1 aromatic carbocycles. The highest BCUT2D eigenvalue weighted by Gasteiger charge is 2.11. The Kier molecular flexibility index (Phi) is 3.17. The van der Waals surface area contributed by atoms with E-state index in [-0.39, 0.29) is 5.54 Å². The number of aryl methyl sites for hydroxylation is 2. The average molecular weight is 192 g/mol. The van der Waals surface area contributed by atoms with Crippen molar-refractivity contribution in [2.75, 3.05) is 5.73 Å². The third-order valence-electron chi connectivity index (χ3n) is 2.41. The Morgan fingerprint density at radius 1 is 1.29 bits per heavy atom. The number of nitrogen functional groups attached to an aromatic ring is 1. The predicted molar refractivity (Wildman–Crippen MR) is 62.2 cm³/mol. The highest BCUT2D eigenvalue weighted by molar-refractivity contribution is 5.44. The zero-order valence-corrected chi connectivity index (χ0v) is 9.30. The lowest BCUT2D eigenvalue weighted by Gasteiger charge is -2.18. The summed E-state index contributed by atoms with van der Waals surface area (Å²) in [5.74, 6) is 0. The summed E-state index contributed by atoms with van der Waals surface area (Å²) in [4.78, 5) is 0. The second-order valence-electron chi connectivity index (χ2n) is 4.67. The molecule has 1 rings (SSSR count). The van der Waals surface area contributed by atoms with Crippen molar-refractivity contribution >= 4 is 5.69 Å². The summed E-state index contributed by atoms with van der Waals surface area (Å²) in [5, 5.41) is 0. The lowest BCUT2D eigenvalue weighted by atomic mass is 9.94. The molecular weight excluding hydrogens is 172 g/mol. The molecule has 4 N–H and O–H groups in total. The second-order valence-corrected chi connectivity index (χ2v) is 4.67. The predicted octanol–water partition coefficient (Wildman–Crippen LogP) is 2.25. The van der Waals surface area contributed by atoms with Crippen molar-refractivity contribution in [3.8, 4) is 0 Å². The Morgan fingerprint density at radius 2 is 1.93 bits per heavy atom. The van der Waals surface area contributed by atoms with Crippen molar-refractivity contribution in [3.05, 3.63) is 29.3 Å². The van der Waals surface area contributed by atoms with E-state index in [0.29, 0.717) is 0 Å². The summed E-state index contributed by atoms with van der Waals surface area (Å²) < 4.78 is 0. The van der Waals surface area contributed by atoms with Crippen LogP contribution in [0.25, 0.3) is 0 Å². The third-order valence-corrected chi connectivity index (χ3v) is 2.41. The van der Waals surface area contributed by atoms with Crippen LogP contribution in [-0.2, 0) is 6.42 Å². The molecule has 0 radical (unpaired) electrons. The maximum Gasteiger partial charge on any atom is 0.0316 e. The minimum absolute atomic E-state index is 0.100. The molecule has 0 aliphatic heterocycles. The smallest absolute Gasteiger partial charge is 0.0316 e. The van der Waals surface area contributed by atoms with E-state index < -0.39 is 0 Å². The van der Waals surface area contributed by atoms with E-state index in [2.05, 4.69) is 26.8 Å². The largest absolute Gasteiger partial charge is 0.399 e. The number of hydrogen-bond donors (Lipinski definition) is 2. The minimum atomic E-state index is -0.100. The van der Waals surface area contributed by atoms with Crippen LogP contribution in [0.4, 0.5) is 5.69 Å².